The van der Waals surface area contributed by atoms with Gasteiger partial charge >= 0.3 is 5.97 Å². The van der Waals surface area contributed by atoms with E-state index in [2.05, 4.69) is 15.0 Å². The zero-order valence-corrected chi connectivity index (χ0v) is 11.2. The van der Waals surface area contributed by atoms with Crippen molar-refractivity contribution in [2.45, 2.75) is 6.54 Å². The Kier molecular flexibility index (Phi) is 4.09. The zero-order chi connectivity index (χ0) is 14.5. The number of rotatable bonds is 4. The molecule has 0 N–H and O–H groups in total. The van der Waals surface area contributed by atoms with Gasteiger partial charge < -0.3 is 9.64 Å². The van der Waals surface area contributed by atoms with E-state index >= 15 is 0 Å². The van der Waals surface area contributed by atoms with E-state index in [1.54, 1.807) is 7.05 Å². The monoisotopic (exact) mass is 274 g/mol. The molecule has 0 saturated heterocycles. The molecule has 20 heavy (non-hydrogen) atoms. The molecule has 0 atom stereocenters. The lowest BCUT2D eigenvalue weighted by Crippen LogP contribution is -2.30. The van der Waals surface area contributed by atoms with Gasteiger partial charge in [-0.15, -0.1) is 5.10 Å². The number of methoxy groups -OCH3 is 1. The lowest BCUT2D eigenvalue weighted by atomic mass is 10.3. The van der Waals surface area contributed by atoms with Crippen LogP contribution in [0.1, 0.15) is 10.5 Å². The fraction of sp³-hybridized carbons (Fsp3) is 0.231. The summed E-state index contributed by atoms with van der Waals surface area (Å²) in [6.07, 6.45) is 1.38. The maximum atomic E-state index is 12.1. The molecule has 1 amide bonds. The zero-order valence-electron chi connectivity index (χ0n) is 11.2. The number of nitrogens with zero attached hydrogens (tertiary/aromatic N) is 4. The van der Waals surface area contributed by atoms with Crippen molar-refractivity contribution in [1.29, 1.82) is 0 Å². The molecule has 104 valence electrons. The Morgan fingerprint density at radius 1 is 1.30 bits per heavy atom. The third kappa shape index (κ3) is 3.00. The second kappa shape index (κ2) is 5.96. The van der Waals surface area contributed by atoms with Gasteiger partial charge in [-0.05, 0) is 12.1 Å². The molecule has 1 aromatic heterocycles. The van der Waals surface area contributed by atoms with Crippen LogP contribution in [0.25, 0.3) is 0 Å². The number of amides is 1. The predicted molar refractivity (Wildman–Crippen MR) is 71.2 cm³/mol. The van der Waals surface area contributed by atoms with Crippen molar-refractivity contribution in [1.82, 2.24) is 15.0 Å². The van der Waals surface area contributed by atoms with Gasteiger partial charge in [-0.25, -0.2) is 9.48 Å². The van der Waals surface area contributed by atoms with Crippen LogP contribution in [0, 0.1) is 0 Å². The van der Waals surface area contributed by atoms with E-state index in [0.29, 0.717) is 0 Å². The normalized spacial score (nSPS) is 10.1. The molecule has 7 nitrogen and oxygen atoms in total. The number of ether oxygens (including phenoxy) is 1. The van der Waals surface area contributed by atoms with Gasteiger partial charge in [0.25, 0.3) is 0 Å². The predicted octanol–water partition coefficient (Wildman–Crippen LogP) is 0.728. The number of para-hydroxylation sites is 1. The van der Waals surface area contributed by atoms with Gasteiger partial charge in [0.05, 0.1) is 13.3 Å². The van der Waals surface area contributed by atoms with Crippen LogP contribution in [-0.2, 0) is 16.1 Å². The number of carbonyl (C=O) groups is 2. The van der Waals surface area contributed by atoms with Crippen LogP contribution in [0.5, 0.6) is 0 Å². The van der Waals surface area contributed by atoms with Crippen LogP contribution in [0.3, 0.4) is 0 Å². The molecular weight excluding hydrogens is 260 g/mol. The summed E-state index contributed by atoms with van der Waals surface area (Å²) in [4.78, 5) is 24.8. The van der Waals surface area contributed by atoms with Crippen molar-refractivity contribution in [3.8, 4) is 0 Å². The highest BCUT2D eigenvalue weighted by Crippen LogP contribution is 2.11. The first-order chi connectivity index (χ1) is 9.61. The maximum absolute atomic E-state index is 12.1. The van der Waals surface area contributed by atoms with Crippen LogP contribution in [0.15, 0.2) is 36.5 Å². The molecule has 2 aromatic rings. The molecule has 0 bridgehead atoms. The molecule has 0 saturated carbocycles. The van der Waals surface area contributed by atoms with Gasteiger partial charge in [0.1, 0.15) is 6.54 Å². The van der Waals surface area contributed by atoms with E-state index in [9.17, 15) is 9.59 Å². The molecule has 0 fully saturated rings. The molecule has 0 spiro atoms. The summed E-state index contributed by atoms with van der Waals surface area (Å²) in [6, 6.07) is 9.24. The molecular formula is C13H14N4O3. The summed E-state index contributed by atoms with van der Waals surface area (Å²) in [6.45, 7) is -0.00457. The summed E-state index contributed by atoms with van der Waals surface area (Å²) in [7, 11) is 2.94. The molecule has 0 radical (unpaired) electrons. The largest absolute Gasteiger partial charge is 0.464 e. The second-order valence-corrected chi connectivity index (χ2v) is 4.08. The Bertz CT molecular complexity index is 609. The SMILES string of the molecule is COC(=O)c1cn(CC(=O)N(C)c2ccccc2)nn1. The van der Waals surface area contributed by atoms with Crippen molar-refractivity contribution in [3.05, 3.63) is 42.2 Å². The molecule has 2 rings (SSSR count). The van der Waals surface area contributed by atoms with E-state index in [1.807, 2.05) is 30.3 Å². The number of benzene rings is 1. The average Bonchev–Trinajstić information content (AvgIpc) is 2.95. The van der Waals surface area contributed by atoms with Gasteiger partial charge in [-0.3, -0.25) is 4.79 Å². The third-order valence-electron chi connectivity index (χ3n) is 2.75. The van der Waals surface area contributed by atoms with Gasteiger partial charge in [-0.2, -0.15) is 0 Å². The second-order valence-electron chi connectivity index (χ2n) is 4.08. The Labute approximate surface area is 115 Å². The lowest BCUT2D eigenvalue weighted by Gasteiger charge is -2.16. The Hall–Kier alpha value is -2.70. The average molecular weight is 274 g/mol. The van der Waals surface area contributed by atoms with Gasteiger partial charge in [0, 0.05) is 12.7 Å². The molecule has 7 heteroatoms. The lowest BCUT2D eigenvalue weighted by molar-refractivity contribution is -0.119. The molecule has 0 aliphatic carbocycles. The van der Waals surface area contributed by atoms with E-state index in [0.717, 1.165) is 5.69 Å². The van der Waals surface area contributed by atoms with E-state index in [1.165, 1.54) is 22.9 Å². The number of likely N-dealkylation sites (N-methyl/N-ethyl adjacent to an activating group) is 1. The number of hydrogen-bond acceptors (Lipinski definition) is 5. The number of hydrogen-bond donors (Lipinski definition) is 0. The molecule has 0 aliphatic heterocycles. The first kappa shape index (κ1) is 13.7. The summed E-state index contributed by atoms with van der Waals surface area (Å²) < 4.78 is 5.82. The Balaban J connectivity index is 2.04. The van der Waals surface area contributed by atoms with Crippen molar-refractivity contribution < 1.29 is 14.3 Å². The summed E-state index contributed by atoms with van der Waals surface area (Å²) >= 11 is 0. The minimum absolute atomic E-state index is 0.00457. The molecule has 1 aromatic carbocycles. The first-order valence-corrected chi connectivity index (χ1v) is 5.92. The van der Waals surface area contributed by atoms with Crippen molar-refractivity contribution >= 4 is 17.6 Å². The number of aromatic nitrogens is 3. The highest BCUT2D eigenvalue weighted by molar-refractivity contribution is 5.92. The van der Waals surface area contributed by atoms with Crippen molar-refractivity contribution in [3.63, 3.8) is 0 Å². The molecule has 0 unspecified atom stereocenters. The number of carbonyl (C=O) groups excluding carboxylic acids is 2. The number of anilines is 1. The molecule has 0 aliphatic rings. The van der Waals surface area contributed by atoms with Gasteiger partial charge in [-0.1, -0.05) is 23.4 Å². The van der Waals surface area contributed by atoms with Gasteiger partial charge in [0.15, 0.2) is 5.69 Å². The fourth-order valence-electron chi connectivity index (χ4n) is 1.61. The summed E-state index contributed by atoms with van der Waals surface area (Å²) in [5, 5.41) is 7.36. The van der Waals surface area contributed by atoms with Crippen LogP contribution in [0.4, 0.5) is 5.69 Å². The smallest absolute Gasteiger partial charge is 0.360 e. The van der Waals surface area contributed by atoms with E-state index in [4.69, 9.17) is 0 Å². The topological polar surface area (TPSA) is 77.3 Å². The summed E-state index contributed by atoms with van der Waals surface area (Å²) in [5.74, 6) is -0.752. The van der Waals surface area contributed by atoms with Crippen LogP contribution < -0.4 is 4.90 Å². The third-order valence-corrected chi connectivity index (χ3v) is 2.75. The Morgan fingerprint density at radius 2 is 2.00 bits per heavy atom. The van der Waals surface area contributed by atoms with Crippen LogP contribution >= 0.6 is 0 Å². The molecule has 1 heterocycles. The maximum Gasteiger partial charge on any atom is 0.360 e. The highest BCUT2D eigenvalue weighted by atomic mass is 16.5. The van der Waals surface area contributed by atoms with Crippen LogP contribution in [-0.4, -0.2) is 41.0 Å². The quantitative estimate of drug-likeness (QED) is 0.768. The minimum Gasteiger partial charge on any atom is -0.464 e. The fourth-order valence-corrected chi connectivity index (χ4v) is 1.61. The van der Waals surface area contributed by atoms with E-state index in [-0.39, 0.29) is 18.1 Å². The summed E-state index contributed by atoms with van der Waals surface area (Å²) in [5.41, 5.74) is 0.855. The van der Waals surface area contributed by atoms with Crippen LogP contribution in [0.2, 0.25) is 0 Å². The highest BCUT2D eigenvalue weighted by Gasteiger charge is 2.15. The van der Waals surface area contributed by atoms with Gasteiger partial charge in [0.2, 0.25) is 5.91 Å². The van der Waals surface area contributed by atoms with E-state index < -0.39 is 5.97 Å². The standard InChI is InChI=1S/C13H14N4O3/c1-16(10-6-4-3-5-7-10)12(18)9-17-8-11(14-15-17)13(19)20-2/h3-8H,9H2,1-2H3. The first-order valence-electron chi connectivity index (χ1n) is 5.92. The minimum atomic E-state index is -0.583. The van der Waals surface area contributed by atoms with Crippen molar-refractivity contribution in [2.75, 3.05) is 19.1 Å². The number of esters is 1. The van der Waals surface area contributed by atoms with Crippen molar-refractivity contribution in [2.24, 2.45) is 0 Å². The Morgan fingerprint density at radius 3 is 2.65 bits per heavy atom.